The van der Waals surface area contributed by atoms with Crippen LogP contribution < -0.4 is 11.3 Å². The SMILES string of the molecule is CC(CN)N(C)C(=O)c1cc(=O)[nH]c2cc(F)ccc12. The summed E-state index contributed by atoms with van der Waals surface area (Å²) in [5.41, 5.74) is 5.64. The summed E-state index contributed by atoms with van der Waals surface area (Å²) in [6, 6.07) is 5.00. The standard InChI is InChI=1S/C14H16FN3O2/c1-8(7-16)18(2)14(20)11-6-13(19)17-12-5-9(15)3-4-10(11)12/h3-6,8H,7,16H2,1-2H3,(H,17,19). The van der Waals surface area contributed by atoms with E-state index in [0.29, 0.717) is 17.4 Å². The van der Waals surface area contributed by atoms with Crippen molar-refractivity contribution in [1.29, 1.82) is 0 Å². The van der Waals surface area contributed by atoms with Crippen molar-refractivity contribution in [3.8, 4) is 0 Å². The lowest BCUT2D eigenvalue weighted by atomic mass is 10.1. The number of carbonyl (C=O) groups excluding carboxylic acids is 1. The van der Waals surface area contributed by atoms with E-state index in [0.717, 1.165) is 0 Å². The Hall–Kier alpha value is -2.21. The van der Waals surface area contributed by atoms with Crippen molar-refractivity contribution >= 4 is 16.8 Å². The van der Waals surface area contributed by atoms with Crippen molar-refractivity contribution in [3.63, 3.8) is 0 Å². The fourth-order valence-corrected chi connectivity index (χ4v) is 1.96. The molecule has 0 aliphatic rings. The first-order chi connectivity index (χ1) is 9.43. The average molecular weight is 277 g/mol. The number of hydrogen-bond acceptors (Lipinski definition) is 3. The van der Waals surface area contributed by atoms with Crippen LogP contribution in [0.4, 0.5) is 4.39 Å². The van der Waals surface area contributed by atoms with Crippen LogP contribution in [0.3, 0.4) is 0 Å². The van der Waals surface area contributed by atoms with Crippen molar-refractivity contribution in [1.82, 2.24) is 9.88 Å². The minimum Gasteiger partial charge on any atom is -0.338 e. The molecule has 0 saturated carbocycles. The topological polar surface area (TPSA) is 79.2 Å². The zero-order chi connectivity index (χ0) is 14.9. The van der Waals surface area contributed by atoms with Gasteiger partial charge in [-0.05, 0) is 25.1 Å². The van der Waals surface area contributed by atoms with E-state index in [1.54, 1.807) is 7.05 Å². The van der Waals surface area contributed by atoms with E-state index in [1.165, 1.54) is 29.2 Å². The fraction of sp³-hybridized carbons (Fsp3) is 0.286. The molecule has 2 aromatic rings. The van der Waals surface area contributed by atoms with Gasteiger partial charge in [-0.1, -0.05) is 0 Å². The number of carbonyl (C=O) groups is 1. The maximum absolute atomic E-state index is 13.2. The van der Waals surface area contributed by atoms with E-state index in [1.807, 2.05) is 6.92 Å². The molecule has 2 rings (SSSR count). The second-order valence-electron chi connectivity index (χ2n) is 4.74. The molecule has 0 fully saturated rings. The summed E-state index contributed by atoms with van der Waals surface area (Å²) in [4.78, 5) is 28.0. The summed E-state index contributed by atoms with van der Waals surface area (Å²) >= 11 is 0. The summed E-state index contributed by atoms with van der Waals surface area (Å²) in [5.74, 6) is -0.785. The third kappa shape index (κ3) is 2.55. The van der Waals surface area contributed by atoms with Gasteiger partial charge in [0.15, 0.2) is 0 Å². The van der Waals surface area contributed by atoms with Crippen LogP contribution in [0.2, 0.25) is 0 Å². The maximum atomic E-state index is 13.2. The summed E-state index contributed by atoms with van der Waals surface area (Å²) in [7, 11) is 1.62. The van der Waals surface area contributed by atoms with Gasteiger partial charge in [0, 0.05) is 31.1 Å². The van der Waals surface area contributed by atoms with Gasteiger partial charge in [-0.15, -0.1) is 0 Å². The Kier molecular flexibility index (Phi) is 3.85. The first-order valence-electron chi connectivity index (χ1n) is 6.24. The number of pyridine rings is 1. The molecule has 5 nitrogen and oxygen atoms in total. The smallest absolute Gasteiger partial charge is 0.254 e. The van der Waals surface area contributed by atoms with E-state index >= 15 is 0 Å². The second kappa shape index (κ2) is 5.42. The van der Waals surface area contributed by atoms with Gasteiger partial charge in [0.1, 0.15) is 5.82 Å². The maximum Gasteiger partial charge on any atom is 0.254 e. The van der Waals surface area contributed by atoms with Crippen molar-refractivity contribution in [3.05, 3.63) is 46.0 Å². The number of halogens is 1. The van der Waals surface area contributed by atoms with Crippen LogP contribution >= 0.6 is 0 Å². The van der Waals surface area contributed by atoms with E-state index < -0.39 is 11.4 Å². The van der Waals surface area contributed by atoms with Crippen molar-refractivity contribution in [2.24, 2.45) is 5.73 Å². The van der Waals surface area contributed by atoms with E-state index in [-0.39, 0.29) is 17.5 Å². The van der Waals surface area contributed by atoms with Crippen LogP contribution in [0.1, 0.15) is 17.3 Å². The van der Waals surface area contributed by atoms with Crippen molar-refractivity contribution in [2.75, 3.05) is 13.6 Å². The van der Waals surface area contributed by atoms with Gasteiger partial charge in [-0.3, -0.25) is 9.59 Å². The number of nitrogens with two attached hydrogens (primary N) is 1. The van der Waals surface area contributed by atoms with Crippen molar-refractivity contribution in [2.45, 2.75) is 13.0 Å². The Morgan fingerprint density at radius 3 is 2.80 bits per heavy atom. The molecule has 1 aromatic heterocycles. The zero-order valence-electron chi connectivity index (χ0n) is 11.3. The number of benzene rings is 1. The molecule has 0 saturated heterocycles. The molecule has 0 radical (unpaired) electrons. The van der Waals surface area contributed by atoms with Crippen LogP contribution in [0.15, 0.2) is 29.1 Å². The normalized spacial score (nSPS) is 12.4. The Labute approximate surface area is 115 Å². The van der Waals surface area contributed by atoms with E-state index in [4.69, 9.17) is 5.73 Å². The molecule has 3 N–H and O–H groups in total. The Bertz CT molecular complexity index is 711. The number of aromatic nitrogens is 1. The highest BCUT2D eigenvalue weighted by molar-refractivity contribution is 6.05. The lowest BCUT2D eigenvalue weighted by molar-refractivity contribution is 0.0750. The molecule has 0 aliphatic heterocycles. The molecule has 1 heterocycles. The summed E-state index contributed by atoms with van der Waals surface area (Å²) in [6.07, 6.45) is 0. The fourth-order valence-electron chi connectivity index (χ4n) is 1.96. The number of H-pyrrole nitrogens is 1. The van der Waals surface area contributed by atoms with Gasteiger partial charge in [-0.25, -0.2) is 4.39 Å². The Balaban J connectivity index is 2.59. The molecule has 1 amide bonds. The molecular weight excluding hydrogens is 261 g/mol. The highest BCUT2D eigenvalue weighted by atomic mass is 19.1. The molecule has 1 unspecified atom stereocenters. The van der Waals surface area contributed by atoms with E-state index in [9.17, 15) is 14.0 Å². The Morgan fingerprint density at radius 1 is 1.45 bits per heavy atom. The van der Waals surface area contributed by atoms with Gasteiger partial charge in [0.25, 0.3) is 5.91 Å². The molecule has 0 aliphatic carbocycles. The summed E-state index contributed by atoms with van der Waals surface area (Å²) in [5, 5.41) is 0.507. The van der Waals surface area contributed by atoms with E-state index in [2.05, 4.69) is 4.98 Å². The quantitative estimate of drug-likeness (QED) is 0.881. The second-order valence-corrected chi connectivity index (χ2v) is 4.74. The number of aromatic amines is 1. The number of nitrogens with one attached hydrogen (secondary N) is 1. The molecule has 1 aromatic carbocycles. The minimum atomic E-state index is -0.471. The average Bonchev–Trinajstić information content (AvgIpc) is 2.43. The molecule has 0 spiro atoms. The highest BCUT2D eigenvalue weighted by Gasteiger charge is 2.19. The largest absolute Gasteiger partial charge is 0.338 e. The molecule has 106 valence electrons. The molecule has 20 heavy (non-hydrogen) atoms. The van der Waals surface area contributed by atoms with Gasteiger partial charge in [0.05, 0.1) is 11.1 Å². The predicted molar refractivity (Wildman–Crippen MR) is 75.1 cm³/mol. The van der Waals surface area contributed by atoms with Crippen LogP contribution in [-0.2, 0) is 0 Å². The lowest BCUT2D eigenvalue weighted by Gasteiger charge is -2.24. The van der Waals surface area contributed by atoms with Gasteiger partial charge < -0.3 is 15.6 Å². The van der Waals surface area contributed by atoms with Crippen LogP contribution in [0.25, 0.3) is 10.9 Å². The number of amides is 1. The third-order valence-electron chi connectivity index (χ3n) is 3.36. The van der Waals surface area contributed by atoms with Gasteiger partial charge in [-0.2, -0.15) is 0 Å². The number of hydrogen-bond donors (Lipinski definition) is 2. The first kappa shape index (κ1) is 14.2. The zero-order valence-corrected chi connectivity index (χ0v) is 11.3. The molecular formula is C14H16FN3O2. The Morgan fingerprint density at radius 2 is 2.15 bits per heavy atom. The van der Waals surface area contributed by atoms with Gasteiger partial charge >= 0.3 is 0 Å². The molecule has 1 atom stereocenters. The van der Waals surface area contributed by atoms with Crippen molar-refractivity contribution < 1.29 is 9.18 Å². The van der Waals surface area contributed by atoms with Crippen LogP contribution in [0.5, 0.6) is 0 Å². The number of nitrogens with zero attached hydrogens (tertiary/aromatic N) is 1. The highest BCUT2D eigenvalue weighted by Crippen LogP contribution is 2.18. The summed E-state index contributed by atoms with van der Waals surface area (Å²) in [6.45, 7) is 2.13. The van der Waals surface area contributed by atoms with Crippen LogP contribution in [0, 0.1) is 5.82 Å². The van der Waals surface area contributed by atoms with Crippen LogP contribution in [-0.4, -0.2) is 35.4 Å². The number of rotatable bonds is 3. The summed E-state index contributed by atoms with van der Waals surface area (Å²) < 4.78 is 13.2. The number of fused-ring (bicyclic) bond motifs is 1. The minimum absolute atomic E-state index is 0.155. The van der Waals surface area contributed by atoms with Gasteiger partial charge in [0.2, 0.25) is 5.56 Å². The monoisotopic (exact) mass is 277 g/mol. The lowest BCUT2D eigenvalue weighted by Crippen LogP contribution is -2.40. The molecule has 6 heteroatoms. The molecule has 0 bridgehead atoms. The number of likely N-dealkylation sites (N-methyl/N-ethyl adjacent to an activating group) is 1. The predicted octanol–water partition coefficient (Wildman–Crippen LogP) is 1.09. The third-order valence-corrected chi connectivity index (χ3v) is 3.36. The first-order valence-corrected chi connectivity index (χ1v) is 6.24.